The molecule has 0 aliphatic rings. The molecule has 0 aromatic rings. The van der Waals surface area contributed by atoms with E-state index >= 15 is 0 Å². The van der Waals surface area contributed by atoms with Gasteiger partial charge in [-0.05, 0) is 6.42 Å². The second kappa shape index (κ2) is 3.70. The van der Waals surface area contributed by atoms with Gasteiger partial charge in [0, 0.05) is 0 Å². The lowest BCUT2D eigenvalue weighted by molar-refractivity contribution is 0.208. The third-order valence-electron chi connectivity index (χ3n) is 0.707. The van der Waals surface area contributed by atoms with Crippen LogP contribution in [-0.2, 0) is 0 Å². The predicted octanol–water partition coefficient (Wildman–Crippen LogP) is 0.595. The quantitative estimate of drug-likeness (QED) is 0.500. The van der Waals surface area contributed by atoms with Crippen LogP contribution in [0.15, 0.2) is 0 Å². The van der Waals surface area contributed by atoms with Crippen LogP contribution in [0.4, 0.5) is 0 Å². The van der Waals surface area contributed by atoms with E-state index in [1.807, 2.05) is 6.92 Å². The lowest BCUT2D eigenvalue weighted by Crippen LogP contribution is -2.01. The Morgan fingerprint density at radius 3 is 2.71 bits per heavy atom. The van der Waals surface area contributed by atoms with Gasteiger partial charge in [0.2, 0.25) is 0 Å². The van der Waals surface area contributed by atoms with Gasteiger partial charge >= 0.3 is 0 Å². The Bertz CT molecular complexity index is 70.7. The fourth-order valence-corrected chi connectivity index (χ4v) is 0.229. The second-order valence-corrected chi connectivity index (χ2v) is 1.31. The van der Waals surface area contributed by atoms with E-state index < -0.39 is 6.10 Å². The summed E-state index contributed by atoms with van der Waals surface area (Å²) in [4.78, 5) is 0. The Balaban J connectivity index is 3.03. The minimum Gasteiger partial charge on any atom is -0.392 e. The van der Waals surface area contributed by atoms with Gasteiger partial charge in [-0.15, -0.1) is 6.42 Å². The molecular weight excluding hydrogens is 88.1 g/mol. The molecule has 0 aromatic heterocycles. The summed E-state index contributed by atoms with van der Waals surface area (Å²) in [6.45, 7) is 1.87. The van der Waals surface area contributed by atoms with Crippen LogP contribution < -0.4 is 0 Å². The van der Waals surface area contributed by atoms with E-state index in [0.29, 0.717) is 6.42 Å². The molecule has 7 heavy (non-hydrogen) atoms. The molecule has 0 saturated carbocycles. The first kappa shape index (κ1) is 6.52. The van der Waals surface area contributed by atoms with Gasteiger partial charge in [0.1, 0.15) is 0 Å². The van der Waals surface area contributed by atoms with Gasteiger partial charge < -0.3 is 5.11 Å². The summed E-state index contributed by atoms with van der Waals surface area (Å²) >= 11 is 0. The summed E-state index contributed by atoms with van der Waals surface area (Å²) in [7, 11) is 0. The standard InChI is InChI=1S/C6H9O/c1-3-5-6(7)4-2/h1,5-7H,4H2,2H3. The van der Waals surface area contributed by atoms with Crippen molar-refractivity contribution in [2.45, 2.75) is 19.4 Å². The Kier molecular flexibility index (Phi) is 3.45. The summed E-state index contributed by atoms with van der Waals surface area (Å²) in [5.74, 6) is 2.24. The van der Waals surface area contributed by atoms with Crippen molar-refractivity contribution in [2.75, 3.05) is 0 Å². The number of hydrogen-bond donors (Lipinski definition) is 1. The molecule has 0 fully saturated rings. The molecule has 1 heteroatoms. The van der Waals surface area contributed by atoms with Crippen molar-refractivity contribution in [3.8, 4) is 12.3 Å². The normalized spacial score (nSPS) is 12.7. The maximum absolute atomic E-state index is 8.66. The van der Waals surface area contributed by atoms with Gasteiger partial charge in [-0.1, -0.05) is 12.8 Å². The van der Waals surface area contributed by atoms with E-state index in [9.17, 15) is 0 Å². The van der Waals surface area contributed by atoms with Crippen molar-refractivity contribution in [1.82, 2.24) is 0 Å². The maximum Gasteiger partial charge on any atom is 0.0687 e. The van der Waals surface area contributed by atoms with Crippen LogP contribution in [0.5, 0.6) is 0 Å². The van der Waals surface area contributed by atoms with Crippen LogP contribution >= 0.6 is 0 Å². The number of aliphatic hydroxyl groups is 1. The summed E-state index contributed by atoms with van der Waals surface area (Å²) in [5.41, 5.74) is 0. The highest BCUT2D eigenvalue weighted by molar-refractivity contribution is 5.04. The average Bonchev–Trinajstić information content (AvgIpc) is 1.68. The highest BCUT2D eigenvalue weighted by Crippen LogP contribution is 1.90. The third-order valence-corrected chi connectivity index (χ3v) is 0.707. The molecule has 0 spiro atoms. The molecule has 39 valence electrons. The first-order valence-corrected chi connectivity index (χ1v) is 2.28. The summed E-state index contributed by atoms with van der Waals surface area (Å²) in [6.07, 6.45) is 6.56. The monoisotopic (exact) mass is 97.1 g/mol. The summed E-state index contributed by atoms with van der Waals surface area (Å²) < 4.78 is 0. The average molecular weight is 97.1 g/mol. The van der Waals surface area contributed by atoms with E-state index in [1.165, 1.54) is 6.42 Å². The molecule has 0 heterocycles. The van der Waals surface area contributed by atoms with Crippen LogP contribution in [0.1, 0.15) is 13.3 Å². The van der Waals surface area contributed by atoms with E-state index in [4.69, 9.17) is 11.5 Å². The molecule has 0 bridgehead atoms. The smallest absolute Gasteiger partial charge is 0.0687 e. The van der Waals surface area contributed by atoms with E-state index in [-0.39, 0.29) is 0 Å². The van der Waals surface area contributed by atoms with Gasteiger partial charge in [0.15, 0.2) is 0 Å². The van der Waals surface area contributed by atoms with Gasteiger partial charge in [-0.25, -0.2) is 0 Å². The van der Waals surface area contributed by atoms with Crippen LogP contribution in [0.2, 0.25) is 0 Å². The molecule has 1 unspecified atom stereocenters. The van der Waals surface area contributed by atoms with Crippen molar-refractivity contribution < 1.29 is 5.11 Å². The highest BCUT2D eigenvalue weighted by atomic mass is 16.3. The molecule has 0 aliphatic heterocycles. The van der Waals surface area contributed by atoms with Gasteiger partial charge in [0.05, 0.1) is 12.5 Å². The molecular formula is C6H9O. The zero-order chi connectivity index (χ0) is 5.70. The van der Waals surface area contributed by atoms with Crippen LogP contribution in [0.25, 0.3) is 0 Å². The van der Waals surface area contributed by atoms with Crippen LogP contribution in [-0.4, -0.2) is 11.2 Å². The van der Waals surface area contributed by atoms with E-state index in [2.05, 4.69) is 5.92 Å². The Hall–Kier alpha value is -0.480. The van der Waals surface area contributed by atoms with Crippen LogP contribution in [0, 0.1) is 18.8 Å². The van der Waals surface area contributed by atoms with E-state index in [0.717, 1.165) is 0 Å². The molecule has 1 nitrogen and oxygen atoms in total. The highest BCUT2D eigenvalue weighted by Gasteiger charge is 1.94. The van der Waals surface area contributed by atoms with Crippen LogP contribution in [0.3, 0.4) is 0 Å². The number of rotatable bonds is 2. The number of terminal acetylenes is 1. The first-order chi connectivity index (χ1) is 3.31. The minimum atomic E-state index is -0.412. The van der Waals surface area contributed by atoms with E-state index in [1.54, 1.807) is 0 Å². The fourth-order valence-electron chi connectivity index (χ4n) is 0.229. The lowest BCUT2D eigenvalue weighted by Gasteiger charge is -1.97. The molecule has 1 atom stereocenters. The summed E-state index contributed by atoms with van der Waals surface area (Å²) in [5, 5.41) is 8.66. The van der Waals surface area contributed by atoms with Gasteiger partial charge in [-0.2, -0.15) is 0 Å². The van der Waals surface area contributed by atoms with Crippen molar-refractivity contribution in [2.24, 2.45) is 0 Å². The largest absolute Gasteiger partial charge is 0.392 e. The first-order valence-electron chi connectivity index (χ1n) is 2.28. The summed E-state index contributed by atoms with van der Waals surface area (Å²) in [6, 6.07) is 0. The third kappa shape index (κ3) is 3.35. The molecule has 0 rings (SSSR count). The van der Waals surface area contributed by atoms with Crippen molar-refractivity contribution >= 4 is 0 Å². The van der Waals surface area contributed by atoms with Gasteiger partial charge in [-0.3, -0.25) is 0 Å². The molecule has 0 aromatic carbocycles. The van der Waals surface area contributed by atoms with Crippen molar-refractivity contribution in [1.29, 1.82) is 0 Å². The SMILES string of the molecule is C#C[CH]C(O)CC. The predicted molar refractivity (Wildman–Crippen MR) is 29.4 cm³/mol. The lowest BCUT2D eigenvalue weighted by atomic mass is 10.2. The zero-order valence-electron chi connectivity index (χ0n) is 4.39. The maximum atomic E-state index is 8.66. The second-order valence-electron chi connectivity index (χ2n) is 1.31. The van der Waals surface area contributed by atoms with Crippen molar-refractivity contribution in [3.05, 3.63) is 6.42 Å². The Morgan fingerprint density at radius 1 is 2.00 bits per heavy atom. The van der Waals surface area contributed by atoms with Gasteiger partial charge in [0.25, 0.3) is 0 Å². The molecule has 1 radical (unpaired) electrons. The molecule has 0 amide bonds. The zero-order valence-corrected chi connectivity index (χ0v) is 4.39. The van der Waals surface area contributed by atoms with Crippen molar-refractivity contribution in [3.63, 3.8) is 0 Å². The fraction of sp³-hybridized carbons (Fsp3) is 0.500. The topological polar surface area (TPSA) is 20.2 Å². The Labute approximate surface area is 44.4 Å². The Morgan fingerprint density at radius 2 is 2.57 bits per heavy atom. The molecule has 0 saturated heterocycles. The minimum absolute atomic E-state index is 0.412. The molecule has 1 N–H and O–H groups in total. The number of aliphatic hydroxyl groups excluding tert-OH is 1. The number of hydrogen-bond acceptors (Lipinski definition) is 1. The molecule has 0 aliphatic carbocycles.